The summed E-state index contributed by atoms with van der Waals surface area (Å²) in [6.45, 7) is 2.84. The second-order valence-electron chi connectivity index (χ2n) is 24.7. The molecule has 2 saturated heterocycles. The molecule has 81 heavy (non-hydrogen) atoms. The van der Waals surface area contributed by atoms with Crippen molar-refractivity contribution in [2.45, 2.75) is 389 Å². The quantitative estimate of drug-likeness (QED) is 0.0204. The van der Waals surface area contributed by atoms with Gasteiger partial charge in [0.05, 0.1) is 32.0 Å². The lowest BCUT2D eigenvalue weighted by Gasteiger charge is -2.46. The average Bonchev–Trinajstić information content (AvgIpc) is 3.47. The molecule has 2 fully saturated rings. The van der Waals surface area contributed by atoms with E-state index in [0.29, 0.717) is 6.42 Å². The van der Waals surface area contributed by atoms with Crippen molar-refractivity contribution in [2.75, 3.05) is 19.8 Å². The van der Waals surface area contributed by atoms with Crippen molar-refractivity contribution in [3.8, 4) is 0 Å². The fourth-order valence-corrected chi connectivity index (χ4v) is 11.7. The summed E-state index contributed by atoms with van der Waals surface area (Å²) in [4.78, 5) is 13.3. The van der Waals surface area contributed by atoms with Crippen molar-refractivity contribution in [3.63, 3.8) is 0 Å². The summed E-state index contributed by atoms with van der Waals surface area (Å²) in [5.41, 5.74) is 0. The highest BCUT2D eigenvalue weighted by Crippen LogP contribution is 2.30. The summed E-state index contributed by atoms with van der Waals surface area (Å²) in [5, 5.41) is 87.2. The highest BCUT2D eigenvalue weighted by atomic mass is 16.7. The topological polar surface area (TPSA) is 228 Å². The van der Waals surface area contributed by atoms with Gasteiger partial charge in [0.25, 0.3) is 0 Å². The van der Waals surface area contributed by atoms with Gasteiger partial charge < -0.3 is 65.1 Å². The molecule has 2 heterocycles. The van der Waals surface area contributed by atoms with Crippen LogP contribution in [0.25, 0.3) is 0 Å². The molecule has 14 heteroatoms. The SMILES string of the molecule is CCCCCCCCCCCCCCC/C=C/[C@@H](O)[C@H](CO[C@@H]1O[C@H](CO)[C@@H](O[C@@H]2O[C@H](CO)[C@H](O)C(O)C2O)C(O)C1O)NC(=O)CCCCCCCCCCCCCCCCCCCCCCCCCCCCCCCCCC. The van der Waals surface area contributed by atoms with Gasteiger partial charge in [0.2, 0.25) is 5.91 Å². The van der Waals surface area contributed by atoms with Crippen molar-refractivity contribution < 1.29 is 64.6 Å². The van der Waals surface area contributed by atoms with Gasteiger partial charge in [-0.1, -0.05) is 302 Å². The molecule has 0 aromatic carbocycles. The molecule has 1 amide bonds. The summed E-state index contributed by atoms with van der Waals surface area (Å²) in [5.74, 6) is -0.232. The molecule has 9 N–H and O–H groups in total. The van der Waals surface area contributed by atoms with E-state index >= 15 is 0 Å². The number of carbonyl (C=O) groups is 1. The van der Waals surface area contributed by atoms with Gasteiger partial charge in [0.1, 0.15) is 48.8 Å². The van der Waals surface area contributed by atoms with Gasteiger partial charge in [0, 0.05) is 6.42 Å². The number of aliphatic hydroxyl groups excluding tert-OH is 8. The summed E-state index contributed by atoms with van der Waals surface area (Å²) >= 11 is 0. The van der Waals surface area contributed by atoms with E-state index in [2.05, 4.69) is 19.2 Å². The minimum atomic E-state index is -1.79. The van der Waals surface area contributed by atoms with Gasteiger partial charge in [-0.15, -0.1) is 0 Å². The van der Waals surface area contributed by atoms with Gasteiger partial charge in [-0.2, -0.15) is 0 Å². The number of aliphatic hydroxyl groups is 8. The Hall–Kier alpha value is -1.27. The zero-order chi connectivity index (χ0) is 58.8. The Morgan fingerprint density at radius 3 is 1.14 bits per heavy atom. The van der Waals surface area contributed by atoms with E-state index < -0.39 is 86.8 Å². The molecule has 0 bridgehead atoms. The Bertz CT molecular complexity index is 1410. The van der Waals surface area contributed by atoms with Crippen LogP contribution in [0.4, 0.5) is 0 Å². The average molecular weight is 1160 g/mol. The molecule has 0 aromatic rings. The Labute approximate surface area is 495 Å². The van der Waals surface area contributed by atoms with Crippen LogP contribution in [-0.4, -0.2) is 140 Å². The normalized spacial score (nSPS) is 24.1. The molecule has 0 aromatic heterocycles. The van der Waals surface area contributed by atoms with Crippen LogP contribution in [0, 0.1) is 0 Å². The van der Waals surface area contributed by atoms with E-state index in [1.807, 2.05) is 6.08 Å². The van der Waals surface area contributed by atoms with E-state index in [1.54, 1.807) is 6.08 Å². The van der Waals surface area contributed by atoms with Gasteiger partial charge in [-0.05, 0) is 19.3 Å². The van der Waals surface area contributed by atoms with Crippen molar-refractivity contribution in [1.29, 1.82) is 0 Å². The smallest absolute Gasteiger partial charge is 0.220 e. The van der Waals surface area contributed by atoms with E-state index in [0.717, 1.165) is 38.5 Å². The molecule has 480 valence electrons. The predicted molar refractivity (Wildman–Crippen MR) is 328 cm³/mol. The Morgan fingerprint density at radius 1 is 0.432 bits per heavy atom. The van der Waals surface area contributed by atoms with Crippen LogP contribution in [0.2, 0.25) is 0 Å². The second kappa shape index (κ2) is 53.0. The number of hydrogen-bond acceptors (Lipinski definition) is 13. The van der Waals surface area contributed by atoms with Crippen LogP contribution < -0.4 is 5.32 Å². The van der Waals surface area contributed by atoms with E-state index in [9.17, 15) is 45.6 Å². The molecule has 0 saturated carbocycles. The number of rotatable bonds is 57. The summed E-state index contributed by atoms with van der Waals surface area (Å²) in [7, 11) is 0. The fourth-order valence-electron chi connectivity index (χ4n) is 11.7. The zero-order valence-corrected chi connectivity index (χ0v) is 52.1. The molecule has 14 nitrogen and oxygen atoms in total. The molecule has 2 rings (SSSR count). The van der Waals surface area contributed by atoms with E-state index in [1.165, 1.54) is 250 Å². The molecule has 2 aliphatic heterocycles. The third-order valence-corrected chi connectivity index (χ3v) is 17.2. The molecular formula is C67H129NO13. The first-order valence-corrected chi connectivity index (χ1v) is 34.4. The molecule has 2 aliphatic rings. The van der Waals surface area contributed by atoms with Gasteiger partial charge >= 0.3 is 0 Å². The van der Waals surface area contributed by atoms with Crippen LogP contribution in [-0.2, 0) is 23.7 Å². The predicted octanol–water partition coefficient (Wildman–Crippen LogP) is 13.4. The van der Waals surface area contributed by atoms with Gasteiger partial charge in [-0.25, -0.2) is 0 Å². The maximum atomic E-state index is 13.3. The molecule has 4 unspecified atom stereocenters. The zero-order valence-electron chi connectivity index (χ0n) is 52.1. The van der Waals surface area contributed by atoms with Gasteiger partial charge in [-0.3, -0.25) is 4.79 Å². The molecule has 0 spiro atoms. The van der Waals surface area contributed by atoms with E-state index in [-0.39, 0.29) is 18.9 Å². The van der Waals surface area contributed by atoms with Crippen LogP contribution in [0.15, 0.2) is 12.2 Å². The van der Waals surface area contributed by atoms with Gasteiger partial charge in [0.15, 0.2) is 12.6 Å². The minimum absolute atomic E-state index is 0.232. The third kappa shape index (κ3) is 37.8. The number of allylic oxidation sites excluding steroid dienone is 1. The number of unbranched alkanes of at least 4 members (excludes halogenated alkanes) is 44. The number of amides is 1. The summed E-state index contributed by atoms with van der Waals surface area (Å²) < 4.78 is 22.8. The van der Waals surface area contributed by atoms with Crippen LogP contribution >= 0.6 is 0 Å². The highest BCUT2D eigenvalue weighted by Gasteiger charge is 2.51. The van der Waals surface area contributed by atoms with Crippen molar-refractivity contribution in [1.82, 2.24) is 5.32 Å². The van der Waals surface area contributed by atoms with Crippen LogP contribution in [0.5, 0.6) is 0 Å². The third-order valence-electron chi connectivity index (χ3n) is 17.2. The van der Waals surface area contributed by atoms with Crippen molar-refractivity contribution >= 4 is 5.91 Å². The Balaban J connectivity index is 1.62. The number of hydrogen-bond donors (Lipinski definition) is 9. The van der Waals surface area contributed by atoms with E-state index in [4.69, 9.17) is 18.9 Å². The molecular weight excluding hydrogens is 1030 g/mol. The lowest BCUT2D eigenvalue weighted by atomic mass is 9.97. The van der Waals surface area contributed by atoms with Crippen LogP contribution in [0.3, 0.4) is 0 Å². The number of carbonyl (C=O) groups excluding carboxylic acids is 1. The highest BCUT2D eigenvalue weighted by molar-refractivity contribution is 5.76. The van der Waals surface area contributed by atoms with Crippen LogP contribution in [0.1, 0.15) is 316 Å². The number of nitrogens with one attached hydrogen (secondary N) is 1. The second-order valence-corrected chi connectivity index (χ2v) is 24.7. The summed E-state index contributed by atoms with van der Waals surface area (Å²) in [6, 6.07) is -0.910. The molecule has 0 aliphatic carbocycles. The first-order chi connectivity index (χ1) is 39.6. The lowest BCUT2D eigenvalue weighted by molar-refractivity contribution is -0.359. The maximum Gasteiger partial charge on any atom is 0.220 e. The first kappa shape index (κ1) is 75.8. The lowest BCUT2D eigenvalue weighted by Crippen LogP contribution is -2.65. The largest absolute Gasteiger partial charge is 0.394 e. The fraction of sp³-hybridized carbons (Fsp3) is 0.955. The van der Waals surface area contributed by atoms with Crippen molar-refractivity contribution in [2.24, 2.45) is 0 Å². The Morgan fingerprint density at radius 2 is 0.765 bits per heavy atom. The Kier molecular flexibility index (Phi) is 49.6. The minimum Gasteiger partial charge on any atom is -0.394 e. The standard InChI is InChI=1S/C67H129NO13/c1-3-5-7-9-11-13-15-17-19-20-21-22-23-24-25-26-27-28-29-30-31-32-33-34-35-37-39-41-43-45-47-49-51-59(72)68-55(56(71)50-48-46-44-42-40-38-36-18-16-14-12-10-8-6-4-2)54-78-66-64(77)62(75)65(58(53-70)80-66)81-67-63(76)61(74)60(73)57(52-69)79-67/h48,50,55-58,60-67,69-71,73-77H,3-47,49,51-54H2,1-2H3,(H,68,72)/b50-48+/t55-,56+,57+,58+,60-,61?,62?,63?,64?,65+,66+,67-/m0/s1. The summed E-state index contributed by atoms with van der Waals surface area (Å²) in [6.07, 6.45) is 47.1. The molecule has 0 radical (unpaired) electrons. The number of ether oxygens (including phenoxy) is 4. The monoisotopic (exact) mass is 1160 g/mol. The molecule has 12 atom stereocenters. The van der Waals surface area contributed by atoms with Crippen molar-refractivity contribution in [3.05, 3.63) is 12.2 Å². The maximum absolute atomic E-state index is 13.3. The first-order valence-electron chi connectivity index (χ1n) is 34.4.